The smallest absolute Gasteiger partial charge is 0.334 e. The number of hydrogen-bond donors (Lipinski definition) is 0. The molecule has 0 atom stereocenters. The number of nitrogens with zero attached hydrogens (tertiary/aromatic N) is 5. The van der Waals surface area contributed by atoms with Gasteiger partial charge in [0.25, 0.3) is 5.91 Å². The van der Waals surface area contributed by atoms with Gasteiger partial charge in [-0.15, -0.1) is 0 Å². The molecule has 222 valence electrons. The van der Waals surface area contributed by atoms with Gasteiger partial charge in [-0.25, -0.2) is 4.68 Å². The zero-order valence-electron chi connectivity index (χ0n) is 22.8. The molecule has 0 unspecified atom stereocenters. The highest BCUT2D eigenvalue weighted by Crippen LogP contribution is 2.32. The minimum Gasteiger partial charge on any atom is -0.334 e. The van der Waals surface area contributed by atoms with E-state index >= 15 is 0 Å². The van der Waals surface area contributed by atoms with Crippen LogP contribution in [0.3, 0.4) is 0 Å². The Balaban J connectivity index is 1.36. The van der Waals surface area contributed by atoms with Crippen molar-refractivity contribution >= 4 is 58.3 Å². The van der Waals surface area contributed by atoms with E-state index in [0.29, 0.717) is 58.2 Å². The zero-order chi connectivity index (χ0) is 30.3. The topological polar surface area (TPSA) is 61.7 Å². The second-order valence-electron chi connectivity index (χ2n) is 10.4. The summed E-state index contributed by atoms with van der Waals surface area (Å²) in [6, 6.07) is 12.4. The summed E-state index contributed by atoms with van der Waals surface area (Å²) >= 11 is 18.7. The van der Waals surface area contributed by atoms with Crippen molar-refractivity contribution in [3.05, 3.63) is 80.0 Å². The molecule has 0 bridgehead atoms. The maximum absolute atomic E-state index is 13.6. The highest BCUT2D eigenvalue weighted by atomic mass is 35.5. The van der Waals surface area contributed by atoms with Crippen molar-refractivity contribution in [3.63, 3.8) is 0 Å². The lowest BCUT2D eigenvalue weighted by molar-refractivity contribution is -0.187. The summed E-state index contributed by atoms with van der Waals surface area (Å²) in [5.74, 6) is -2.06. The third kappa shape index (κ3) is 6.17. The number of hydrogen-bond acceptors (Lipinski definition) is 4. The molecule has 5 rings (SSSR count). The van der Waals surface area contributed by atoms with Crippen molar-refractivity contribution in [2.24, 2.45) is 0 Å². The summed E-state index contributed by atoms with van der Waals surface area (Å²) in [5.41, 5.74) is 3.99. The molecule has 2 aromatic carbocycles. The number of piperazine rings is 1. The molecule has 7 nitrogen and oxygen atoms in total. The normalized spacial score (nSPS) is 17.0. The molecule has 3 heterocycles. The van der Waals surface area contributed by atoms with E-state index in [-0.39, 0.29) is 30.7 Å². The molecular weight excluding hydrogens is 614 g/mol. The predicted octanol–water partition coefficient (Wildman–Crippen LogP) is 6.23. The molecule has 2 aliphatic rings. The lowest BCUT2D eigenvalue weighted by Crippen LogP contribution is -2.65. The van der Waals surface area contributed by atoms with Gasteiger partial charge in [0, 0.05) is 60.9 Å². The molecule has 3 aromatic rings. The number of alkyl halides is 3. The molecule has 0 aliphatic carbocycles. The number of benzene rings is 2. The van der Waals surface area contributed by atoms with Crippen molar-refractivity contribution in [2.45, 2.75) is 26.1 Å². The molecule has 0 saturated carbocycles. The first kappa shape index (κ1) is 30.4. The molecule has 2 saturated heterocycles. The van der Waals surface area contributed by atoms with Crippen molar-refractivity contribution in [1.29, 1.82) is 0 Å². The third-order valence-electron chi connectivity index (χ3n) is 7.60. The largest absolute Gasteiger partial charge is 0.471 e. The van der Waals surface area contributed by atoms with Crippen LogP contribution in [-0.4, -0.2) is 87.8 Å². The SMILES string of the molecule is CC(=Cc1ccc(Cl)cc1)c1c(C)c(C(=O)N2CC(N3CCN(C(=O)C(F)(F)F)CC3)C2)nn1-c1ccc(Cl)cc1Cl. The van der Waals surface area contributed by atoms with E-state index in [1.54, 1.807) is 39.9 Å². The minimum atomic E-state index is -4.87. The van der Waals surface area contributed by atoms with Gasteiger partial charge >= 0.3 is 12.1 Å². The fraction of sp³-hybridized carbons (Fsp3) is 0.345. The maximum Gasteiger partial charge on any atom is 0.471 e. The molecule has 0 N–H and O–H groups in total. The number of carbonyl (C=O) groups is 2. The van der Waals surface area contributed by atoms with Gasteiger partial charge in [-0.3, -0.25) is 14.5 Å². The van der Waals surface area contributed by atoms with Crippen LogP contribution in [0.15, 0.2) is 42.5 Å². The Labute approximate surface area is 256 Å². The van der Waals surface area contributed by atoms with E-state index < -0.39 is 12.1 Å². The predicted molar refractivity (Wildman–Crippen MR) is 157 cm³/mol. The molecule has 2 fully saturated rings. The molecule has 2 aliphatic heterocycles. The molecule has 13 heteroatoms. The number of aromatic nitrogens is 2. The van der Waals surface area contributed by atoms with Crippen LogP contribution in [0.25, 0.3) is 17.3 Å². The summed E-state index contributed by atoms with van der Waals surface area (Å²) in [6.07, 6.45) is -2.90. The van der Waals surface area contributed by atoms with E-state index in [4.69, 9.17) is 39.9 Å². The van der Waals surface area contributed by atoms with Crippen LogP contribution in [0.4, 0.5) is 13.2 Å². The Kier molecular flexibility index (Phi) is 8.63. The first-order valence-electron chi connectivity index (χ1n) is 13.2. The fourth-order valence-electron chi connectivity index (χ4n) is 5.34. The van der Waals surface area contributed by atoms with Crippen LogP contribution in [0.1, 0.15) is 34.2 Å². The fourth-order valence-corrected chi connectivity index (χ4v) is 5.95. The number of allylic oxidation sites excluding steroid dienone is 1. The molecule has 1 aromatic heterocycles. The van der Waals surface area contributed by atoms with Crippen molar-refractivity contribution in [1.82, 2.24) is 24.5 Å². The standard InChI is InChI=1S/C29H27Cl3F3N5O2/c1-17(13-19-3-5-20(30)6-4-19)26-18(2)25(36-40(26)24-8-7-21(31)14-23(24)32)27(41)39-15-22(16-39)37-9-11-38(12-10-37)28(42)29(33,34)35/h3-8,13-14,22H,9-12,15-16H2,1-2H3. The third-order valence-corrected chi connectivity index (χ3v) is 8.39. The monoisotopic (exact) mass is 639 g/mol. The van der Waals surface area contributed by atoms with Gasteiger partial charge in [0.2, 0.25) is 0 Å². The van der Waals surface area contributed by atoms with Gasteiger partial charge in [-0.05, 0) is 61.4 Å². The second-order valence-corrected chi connectivity index (χ2v) is 11.7. The van der Waals surface area contributed by atoms with E-state index in [9.17, 15) is 22.8 Å². The van der Waals surface area contributed by atoms with Gasteiger partial charge in [-0.1, -0.05) is 46.9 Å². The number of halogens is 6. The average Bonchev–Trinajstić information content (AvgIpc) is 3.25. The number of rotatable bonds is 5. The highest BCUT2D eigenvalue weighted by molar-refractivity contribution is 6.35. The van der Waals surface area contributed by atoms with Crippen LogP contribution in [0, 0.1) is 6.92 Å². The Bertz CT molecular complexity index is 1540. The van der Waals surface area contributed by atoms with Crippen molar-refractivity contribution in [3.8, 4) is 5.69 Å². The molecule has 0 spiro atoms. The zero-order valence-corrected chi connectivity index (χ0v) is 25.0. The average molecular weight is 641 g/mol. The van der Waals surface area contributed by atoms with Gasteiger partial charge in [-0.2, -0.15) is 18.3 Å². The van der Waals surface area contributed by atoms with Crippen molar-refractivity contribution < 1.29 is 22.8 Å². The van der Waals surface area contributed by atoms with Crippen LogP contribution in [0.2, 0.25) is 15.1 Å². The highest BCUT2D eigenvalue weighted by Gasteiger charge is 2.44. The Morgan fingerprint density at radius 1 is 0.929 bits per heavy atom. The Morgan fingerprint density at radius 3 is 2.14 bits per heavy atom. The summed E-state index contributed by atoms with van der Waals surface area (Å²) in [7, 11) is 0. The summed E-state index contributed by atoms with van der Waals surface area (Å²) in [6.45, 7) is 5.21. The molecule has 42 heavy (non-hydrogen) atoms. The maximum atomic E-state index is 13.6. The molecule has 2 amide bonds. The van der Waals surface area contributed by atoms with Gasteiger partial charge in [0.1, 0.15) is 0 Å². The van der Waals surface area contributed by atoms with Gasteiger partial charge < -0.3 is 9.80 Å². The molecular formula is C29H27Cl3F3N5O2. The van der Waals surface area contributed by atoms with E-state index in [1.165, 1.54) is 0 Å². The van der Waals surface area contributed by atoms with E-state index in [2.05, 4.69) is 0 Å². The lowest BCUT2D eigenvalue weighted by atomic mass is 10.0. The van der Waals surface area contributed by atoms with Gasteiger partial charge in [0.15, 0.2) is 5.69 Å². The van der Waals surface area contributed by atoms with Crippen molar-refractivity contribution in [2.75, 3.05) is 39.3 Å². The van der Waals surface area contributed by atoms with Crippen LogP contribution in [-0.2, 0) is 4.79 Å². The van der Waals surface area contributed by atoms with Crippen LogP contribution >= 0.6 is 34.8 Å². The summed E-state index contributed by atoms with van der Waals surface area (Å²) in [5, 5.41) is 6.17. The summed E-state index contributed by atoms with van der Waals surface area (Å²) < 4.78 is 40.0. The number of carbonyl (C=O) groups excluding carboxylic acids is 2. The number of likely N-dealkylation sites (tertiary alicyclic amines) is 1. The van der Waals surface area contributed by atoms with E-state index in [1.807, 2.05) is 37.0 Å². The van der Waals surface area contributed by atoms with Gasteiger partial charge in [0.05, 0.1) is 16.4 Å². The minimum absolute atomic E-state index is 0.00323. The number of amides is 2. The molecule has 0 radical (unpaired) electrons. The van der Waals surface area contributed by atoms with E-state index in [0.717, 1.165) is 16.0 Å². The first-order chi connectivity index (χ1) is 19.8. The van der Waals surface area contributed by atoms with Crippen LogP contribution < -0.4 is 0 Å². The Morgan fingerprint density at radius 2 is 1.55 bits per heavy atom. The summed E-state index contributed by atoms with van der Waals surface area (Å²) in [4.78, 5) is 29.7. The second kappa shape index (κ2) is 11.9. The first-order valence-corrected chi connectivity index (χ1v) is 14.4. The quantitative estimate of drug-likeness (QED) is 0.332. The Hall–Kier alpha value is -3.05. The lowest BCUT2D eigenvalue weighted by Gasteiger charge is -2.48. The van der Waals surface area contributed by atoms with Crippen LogP contribution in [0.5, 0.6) is 0 Å².